The van der Waals surface area contributed by atoms with E-state index >= 15 is 0 Å². The minimum Gasteiger partial charge on any atom is -0.726 e. The van der Waals surface area contributed by atoms with Crippen LogP contribution in [0.3, 0.4) is 0 Å². The SMILES string of the molecule is CCCCCCCCCCCCCCCOS(=O)(=O)[O-].CCCCCCCCCCCCCCCOS(=O)(=O)[O-].[Ca+2]. The van der Waals surface area contributed by atoms with E-state index in [-0.39, 0.29) is 51.0 Å². The zero-order chi connectivity index (χ0) is 30.2. The molecule has 0 atom stereocenters. The largest absolute Gasteiger partial charge is 2.00 e. The van der Waals surface area contributed by atoms with Gasteiger partial charge in [0.2, 0.25) is 20.8 Å². The number of hydrogen-bond acceptors (Lipinski definition) is 8. The normalized spacial score (nSPS) is 11.6. The van der Waals surface area contributed by atoms with Gasteiger partial charge in [-0.15, -0.1) is 0 Å². The Hall–Kier alpha value is 1.000. The van der Waals surface area contributed by atoms with Gasteiger partial charge in [-0.1, -0.05) is 168 Å². The smallest absolute Gasteiger partial charge is 0.726 e. The molecule has 0 rings (SSSR count). The third-order valence-electron chi connectivity index (χ3n) is 6.95. The second-order valence-corrected chi connectivity index (χ2v) is 13.1. The predicted molar refractivity (Wildman–Crippen MR) is 168 cm³/mol. The summed E-state index contributed by atoms with van der Waals surface area (Å²) in [5.41, 5.74) is 0. The molecule has 0 heterocycles. The second-order valence-electron chi connectivity index (χ2n) is 10.9. The molecular weight excluding hydrogens is 593 g/mol. The van der Waals surface area contributed by atoms with Gasteiger partial charge < -0.3 is 9.11 Å². The maximum atomic E-state index is 10.2. The van der Waals surface area contributed by atoms with Crippen molar-refractivity contribution in [2.45, 2.75) is 181 Å². The van der Waals surface area contributed by atoms with Gasteiger partial charge in [-0.2, -0.15) is 0 Å². The molecule has 0 aliphatic rings. The first kappa shape index (κ1) is 46.4. The van der Waals surface area contributed by atoms with Gasteiger partial charge in [-0.05, 0) is 12.8 Å². The zero-order valence-electron chi connectivity index (χ0n) is 26.6. The summed E-state index contributed by atoms with van der Waals surface area (Å²) in [4.78, 5) is 0. The van der Waals surface area contributed by atoms with Crippen molar-refractivity contribution in [1.29, 1.82) is 0 Å². The van der Waals surface area contributed by atoms with Crippen molar-refractivity contribution in [1.82, 2.24) is 0 Å². The first-order valence-corrected chi connectivity index (χ1v) is 19.0. The average molecular weight is 655 g/mol. The summed E-state index contributed by atoms with van der Waals surface area (Å²) in [6, 6.07) is 0. The molecule has 0 bridgehead atoms. The van der Waals surface area contributed by atoms with Gasteiger partial charge >= 0.3 is 37.7 Å². The first-order chi connectivity index (χ1) is 19.1. The van der Waals surface area contributed by atoms with Crippen LogP contribution in [0.4, 0.5) is 0 Å². The number of hydrogen-bond donors (Lipinski definition) is 0. The molecule has 41 heavy (non-hydrogen) atoms. The molecule has 0 aromatic rings. The molecule has 0 saturated carbocycles. The molecule has 0 aromatic carbocycles. The molecule has 0 aliphatic heterocycles. The summed E-state index contributed by atoms with van der Waals surface area (Å²) in [5.74, 6) is 0. The fourth-order valence-corrected chi connectivity index (χ4v) is 5.21. The van der Waals surface area contributed by atoms with Crippen molar-refractivity contribution in [3.8, 4) is 0 Å². The Morgan fingerprint density at radius 3 is 0.707 bits per heavy atom. The van der Waals surface area contributed by atoms with Crippen LogP contribution in [-0.2, 0) is 29.2 Å². The van der Waals surface area contributed by atoms with Gasteiger partial charge in [0.1, 0.15) is 0 Å². The quantitative estimate of drug-likeness (QED) is 0.0325. The van der Waals surface area contributed by atoms with Crippen molar-refractivity contribution in [2.75, 3.05) is 13.2 Å². The van der Waals surface area contributed by atoms with E-state index < -0.39 is 20.8 Å². The van der Waals surface area contributed by atoms with Crippen LogP contribution in [-0.4, -0.2) is 76.9 Å². The molecule has 0 spiro atoms. The van der Waals surface area contributed by atoms with Crippen molar-refractivity contribution < 1.29 is 34.3 Å². The summed E-state index contributed by atoms with van der Waals surface area (Å²) >= 11 is 0. The number of rotatable bonds is 30. The summed E-state index contributed by atoms with van der Waals surface area (Å²) in [6.45, 7) is 4.55. The third-order valence-corrected chi connectivity index (χ3v) is 7.86. The zero-order valence-corrected chi connectivity index (χ0v) is 30.4. The molecule has 11 heteroatoms. The summed E-state index contributed by atoms with van der Waals surface area (Å²) < 4.78 is 69.3. The molecule has 0 saturated heterocycles. The van der Waals surface area contributed by atoms with E-state index in [9.17, 15) is 25.9 Å². The molecule has 0 fully saturated rings. The minimum absolute atomic E-state index is 0. The van der Waals surface area contributed by atoms with Crippen LogP contribution in [0.1, 0.15) is 181 Å². The van der Waals surface area contributed by atoms with Gasteiger partial charge in [0.25, 0.3) is 0 Å². The second kappa shape index (κ2) is 35.5. The summed E-state index contributed by atoms with van der Waals surface area (Å²) in [7, 11) is -8.98. The molecule has 244 valence electrons. The van der Waals surface area contributed by atoms with Crippen LogP contribution in [0.5, 0.6) is 0 Å². The minimum atomic E-state index is -4.49. The topological polar surface area (TPSA) is 133 Å². The van der Waals surface area contributed by atoms with Crippen LogP contribution in [0.2, 0.25) is 0 Å². The van der Waals surface area contributed by atoms with E-state index in [1.807, 2.05) is 0 Å². The standard InChI is InChI=1S/2C15H32O4S.Ca/c2*1-2-3-4-5-6-7-8-9-10-11-12-13-14-15-19-20(16,17)18;/h2*2-15H2,1H3,(H,16,17,18);/q;;+2/p-2. The molecule has 0 amide bonds. The predicted octanol–water partition coefficient (Wildman–Crippen LogP) is 8.73. The van der Waals surface area contributed by atoms with Crippen LogP contribution in [0.15, 0.2) is 0 Å². The van der Waals surface area contributed by atoms with Gasteiger partial charge in [-0.25, -0.2) is 16.8 Å². The fourth-order valence-electron chi connectivity index (χ4n) is 4.56. The maximum Gasteiger partial charge on any atom is 2.00 e. The van der Waals surface area contributed by atoms with E-state index in [1.54, 1.807) is 0 Å². The first-order valence-electron chi connectivity index (χ1n) is 16.3. The molecule has 0 unspecified atom stereocenters. The molecule has 0 radical (unpaired) electrons. The van der Waals surface area contributed by atoms with Gasteiger partial charge in [0.05, 0.1) is 13.2 Å². The average Bonchev–Trinajstić information content (AvgIpc) is 2.88. The molecule has 0 N–H and O–H groups in total. The Labute approximate surface area is 284 Å². The van der Waals surface area contributed by atoms with Gasteiger partial charge in [0, 0.05) is 0 Å². The van der Waals surface area contributed by atoms with E-state index in [2.05, 4.69) is 22.2 Å². The molecule has 0 aromatic heterocycles. The monoisotopic (exact) mass is 654 g/mol. The Morgan fingerprint density at radius 2 is 0.537 bits per heavy atom. The van der Waals surface area contributed by atoms with Crippen LogP contribution < -0.4 is 0 Å². The summed E-state index contributed by atoms with van der Waals surface area (Å²) in [5, 5.41) is 0. The van der Waals surface area contributed by atoms with Gasteiger partial charge in [0.15, 0.2) is 0 Å². The summed E-state index contributed by atoms with van der Waals surface area (Å²) in [6.07, 6.45) is 31.9. The van der Waals surface area contributed by atoms with Gasteiger partial charge in [-0.3, -0.25) is 8.37 Å². The molecule has 8 nitrogen and oxygen atoms in total. The Balaban J connectivity index is -0.000000688. The Morgan fingerprint density at radius 1 is 0.366 bits per heavy atom. The fraction of sp³-hybridized carbons (Fsp3) is 1.00. The number of unbranched alkanes of at least 4 members (excludes halogenated alkanes) is 24. The molecular formula is C30H62CaO8S2. The third kappa shape index (κ3) is 50.9. The Bertz CT molecular complexity index is 643. The molecule has 0 aliphatic carbocycles. The van der Waals surface area contributed by atoms with E-state index in [4.69, 9.17) is 0 Å². The van der Waals surface area contributed by atoms with Crippen LogP contribution in [0.25, 0.3) is 0 Å². The van der Waals surface area contributed by atoms with E-state index in [1.165, 1.54) is 128 Å². The van der Waals surface area contributed by atoms with Crippen LogP contribution in [0, 0.1) is 0 Å². The van der Waals surface area contributed by atoms with Crippen molar-refractivity contribution in [2.24, 2.45) is 0 Å². The maximum absolute atomic E-state index is 10.2. The van der Waals surface area contributed by atoms with E-state index in [0.29, 0.717) is 12.8 Å². The van der Waals surface area contributed by atoms with Crippen molar-refractivity contribution in [3.63, 3.8) is 0 Å². The van der Waals surface area contributed by atoms with Crippen molar-refractivity contribution in [3.05, 3.63) is 0 Å². The van der Waals surface area contributed by atoms with Crippen LogP contribution >= 0.6 is 0 Å². The Kier molecular flexibility index (Phi) is 40.2. The van der Waals surface area contributed by atoms with E-state index in [0.717, 1.165) is 25.7 Å². The van der Waals surface area contributed by atoms with Crippen molar-refractivity contribution >= 4 is 58.5 Å².